The quantitative estimate of drug-likeness (QED) is 0.431. The summed E-state index contributed by atoms with van der Waals surface area (Å²) in [4.78, 5) is 2.58. The highest BCUT2D eigenvalue weighted by molar-refractivity contribution is 5.44. The van der Waals surface area contributed by atoms with Gasteiger partial charge in [0, 0.05) is 50.6 Å². The Labute approximate surface area is 145 Å². The zero-order valence-electron chi connectivity index (χ0n) is 14.3. The molecule has 1 aliphatic heterocycles. The maximum absolute atomic E-state index is 5.69. The largest absolute Gasteiger partial charge is 0.380 e. The van der Waals surface area contributed by atoms with Crippen molar-refractivity contribution in [2.45, 2.75) is 38.5 Å². The van der Waals surface area contributed by atoms with Crippen LogP contribution in [0, 0.1) is 17.8 Å². The molecule has 24 heavy (non-hydrogen) atoms. The molecule has 2 heteroatoms. The third kappa shape index (κ3) is 3.75. The molecule has 4 rings (SSSR count). The lowest BCUT2D eigenvalue weighted by Gasteiger charge is -2.29. The number of ether oxygens (including phenoxy) is 1. The summed E-state index contributed by atoms with van der Waals surface area (Å²) in [5, 5.41) is 0. The van der Waals surface area contributed by atoms with Gasteiger partial charge in [0.2, 0.25) is 0 Å². The molecule has 124 valence electrons. The number of hydrogen-bond acceptors (Lipinski definition) is 2. The Balaban J connectivity index is 1.72. The van der Waals surface area contributed by atoms with Crippen LogP contribution in [0.25, 0.3) is 0 Å². The molecular weight excluding hydrogens is 294 g/mol. The van der Waals surface area contributed by atoms with E-state index in [9.17, 15) is 0 Å². The fourth-order valence-corrected chi connectivity index (χ4v) is 3.71. The van der Waals surface area contributed by atoms with Gasteiger partial charge in [0.1, 0.15) is 0 Å². The lowest BCUT2D eigenvalue weighted by Crippen LogP contribution is -2.27. The highest BCUT2D eigenvalue weighted by Crippen LogP contribution is 2.34. The molecule has 0 unspecified atom stereocenters. The summed E-state index contributed by atoms with van der Waals surface area (Å²) in [6.07, 6.45) is 15.3. The molecule has 0 aromatic rings. The van der Waals surface area contributed by atoms with Gasteiger partial charge in [-0.3, -0.25) is 0 Å². The van der Waals surface area contributed by atoms with Crippen LogP contribution in [-0.4, -0.2) is 31.2 Å². The van der Waals surface area contributed by atoms with Crippen LogP contribution in [0.3, 0.4) is 0 Å². The predicted octanol–water partition coefficient (Wildman–Crippen LogP) is 4.14. The van der Waals surface area contributed by atoms with Crippen molar-refractivity contribution < 1.29 is 4.74 Å². The Morgan fingerprint density at radius 1 is 1.08 bits per heavy atom. The first kappa shape index (κ1) is 15.6. The number of rotatable bonds is 2. The lowest BCUT2D eigenvalue weighted by molar-refractivity contribution is 0.145. The molecule has 1 heterocycles. The summed E-state index contributed by atoms with van der Waals surface area (Å²) in [7, 11) is 0. The van der Waals surface area contributed by atoms with Gasteiger partial charge in [0.15, 0.2) is 0 Å². The van der Waals surface area contributed by atoms with Crippen molar-refractivity contribution in [1.82, 2.24) is 4.90 Å². The van der Waals surface area contributed by atoms with Gasteiger partial charge < -0.3 is 9.64 Å². The average molecular weight is 319 g/mol. The zero-order valence-corrected chi connectivity index (χ0v) is 14.3. The molecule has 0 aromatic carbocycles. The molecule has 2 nitrogen and oxygen atoms in total. The molecule has 0 radical (unpaired) electrons. The van der Waals surface area contributed by atoms with Crippen LogP contribution in [0.15, 0.2) is 52.5 Å². The minimum absolute atomic E-state index is 0.566. The Morgan fingerprint density at radius 3 is 2.83 bits per heavy atom. The summed E-state index contributed by atoms with van der Waals surface area (Å²) in [6.45, 7) is 3.84. The standard InChI is InChI=1S/C22H25NO/c1-2-4-7-21-20(6-3-1)11-10-19(16-18-8-9-18)17-22(21)23-12-5-14-24-15-13-23/h8-10,16,18H,3-7,12-15,17H2/b19-16-. The van der Waals surface area contributed by atoms with Crippen molar-refractivity contribution in [3.8, 4) is 11.8 Å². The fraction of sp³-hybridized carbons (Fsp3) is 0.500. The molecule has 0 N–H and O–H groups in total. The van der Waals surface area contributed by atoms with E-state index in [2.05, 4.69) is 46.8 Å². The van der Waals surface area contributed by atoms with E-state index in [1.54, 1.807) is 0 Å². The van der Waals surface area contributed by atoms with E-state index < -0.39 is 0 Å². The first-order chi connectivity index (χ1) is 11.9. The van der Waals surface area contributed by atoms with Crippen molar-refractivity contribution >= 4 is 0 Å². The normalized spacial score (nSPS) is 25.9. The summed E-state index contributed by atoms with van der Waals surface area (Å²) in [6, 6.07) is 0. The number of allylic oxidation sites excluding steroid dienone is 6. The van der Waals surface area contributed by atoms with Gasteiger partial charge in [0.25, 0.3) is 0 Å². The van der Waals surface area contributed by atoms with E-state index >= 15 is 0 Å². The van der Waals surface area contributed by atoms with Gasteiger partial charge >= 0.3 is 0 Å². The molecule has 0 spiro atoms. The predicted molar refractivity (Wildman–Crippen MR) is 97.2 cm³/mol. The minimum Gasteiger partial charge on any atom is -0.380 e. The van der Waals surface area contributed by atoms with Crippen LogP contribution in [0.2, 0.25) is 0 Å². The van der Waals surface area contributed by atoms with Crippen molar-refractivity contribution in [3.63, 3.8) is 0 Å². The van der Waals surface area contributed by atoms with Crippen LogP contribution in [-0.2, 0) is 4.74 Å². The number of fused-ring (bicyclic) bond motifs is 1. The van der Waals surface area contributed by atoms with Crippen molar-refractivity contribution in [2.24, 2.45) is 5.92 Å². The molecule has 0 aromatic heterocycles. The second kappa shape index (κ2) is 7.31. The fourth-order valence-electron chi connectivity index (χ4n) is 3.71. The van der Waals surface area contributed by atoms with E-state index in [1.807, 2.05) is 0 Å². The summed E-state index contributed by atoms with van der Waals surface area (Å²) in [5.74, 6) is 7.19. The van der Waals surface area contributed by atoms with E-state index in [4.69, 9.17) is 4.74 Å². The van der Waals surface area contributed by atoms with Crippen molar-refractivity contribution in [2.75, 3.05) is 26.3 Å². The second-order valence-electron chi connectivity index (χ2n) is 6.88. The Morgan fingerprint density at radius 2 is 1.96 bits per heavy atom. The maximum atomic E-state index is 5.69. The molecule has 0 atom stereocenters. The topological polar surface area (TPSA) is 12.5 Å². The maximum Gasteiger partial charge on any atom is 0.0641 e. The minimum atomic E-state index is 0.566. The lowest BCUT2D eigenvalue weighted by atomic mass is 9.93. The Hall–Kier alpha value is -1.94. The second-order valence-corrected chi connectivity index (χ2v) is 6.88. The summed E-state index contributed by atoms with van der Waals surface area (Å²) >= 11 is 0. The van der Waals surface area contributed by atoms with E-state index in [1.165, 1.54) is 22.4 Å². The first-order valence-electron chi connectivity index (χ1n) is 9.25. The van der Waals surface area contributed by atoms with Gasteiger partial charge in [-0.25, -0.2) is 0 Å². The van der Waals surface area contributed by atoms with Crippen LogP contribution in [0.4, 0.5) is 0 Å². The molecule has 1 saturated heterocycles. The third-order valence-corrected chi connectivity index (χ3v) is 5.07. The van der Waals surface area contributed by atoms with Gasteiger partial charge in [-0.15, -0.1) is 17.6 Å². The van der Waals surface area contributed by atoms with E-state index in [0.29, 0.717) is 5.92 Å². The van der Waals surface area contributed by atoms with Gasteiger partial charge in [0.05, 0.1) is 6.61 Å². The Kier molecular flexibility index (Phi) is 4.74. The number of hydrogen-bond donors (Lipinski definition) is 0. The average Bonchev–Trinajstić information content (AvgIpc) is 3.39. The third-order valence-electron chi connectivity index (χ3n) is 5.07. The van der Waals surface area contributed by atoms with E-state index in [0.717, 1.165) is 64.8 Å². The molecule has 1 fully saturated rings. The van der Waals surface area contributed by atoms with Crippen molar-refractivity contribution in [1.29, 1.82) is 0 Å². The Bertz CT molecular complexity index is 705. The first-order valence-corrected chi connectivity index (χ1v) is 9.25. The van der Waals surface area contributed by atoms with Gasteiger partial charge in [-0.2, -0.15) is 0 Å². The molecule has 0 bridgehead atoms. The summed E-state index contributed by atoms with van der Waals surface area (Å²) in [5.41, 5.74) is 9.43. The van der Waals surface area contributed by atoms with Gasteiger partial charge in [-0.05, 0) is 42.1 Å². The zero-order chi connectivity index (χ0) is 16.2. The number of nitrogens with zero attached hydrogens (tertiary/aromatic N) is 1. The van der Waals surface area contributed by atoms with Crippen LogP contribution in [0.1, 0.15) is 38.5 Å². The summed E-state index contributed by atoms with van der Waals surface area (Å²) < 4.78 is 5.69. The van der Waals surface area contributed by atoms with E-state index in [-0.39, 0.29) is 0 Å². The molecule has 3 aliphatic carbocycles. The molecule has 4 aliphatic rings. The monoisotopic (exact) mass is 319 g/mol. The SMILES string of the molecule is C1=C/C(=C/C2C=C2)CC(N2CCCOCC2)=C2CCC#CCCC=12. The highest BCUT2D eigenvalue weighted by Gasteiger charge is 2.22. The van der Waals surface area contributed by atoms with Crippen LogP contribution >= 0.6 is 0 Å². The molecule has 0 saturated carbocycles. The van der Waals surface area contributed by atoms with Crippen LogP contribution in [0.5, 0.6) is 0 Å². The van der Waals surface area contributed by atoms with Crippen molar-refractivity contribution in [3.05, 3.63) is 52.5 Å². The molecular formula is C22H25NO. The smallest absolute Gasteiger partial charge is 0.0641 e. The molecule has 0 amide bonds. The highest BCUT2D eigenvalue weighted by atomic mass is 16.5. The van der Waals surface area contributed by atoms with Crippen LogP contribution < -0.4 is 0 Å². The van der Waals surface area contributed by atoms with Gasteiger partial charge in [-0.1, -0.05) is 18.2 Å².